The summed E-state index contributed by atoms with van der Waals surface area (Å²) in [6, 6.07) is 36.2. The predicted molar refractivity (Wildman–Crippen MR) is 147 cm³/mol. The van der Waals surface area contributed by atoms with E-state index in [4.69, 9.17) is 9.97 Å². The van der Waals surface area contributed by atoms with Crippen molar-refractivity contribution in [2.45, 2.75) is 0 Å². The molecule has 4 nitrogen and oxygen atoms in total. The highest BCUT2D eigenvalue weighted by atomic mass is 15.2. The largest absolute Gasteiger partial charge is 0.316 e. The standard InChI is InChI=1S/C32H20N4/c1-3-8-21(9-4-1)24-19-33-32(34-20-24)36-27-13-7-10-22-14-15-23-18-28-26(31(36)30(23)29(22)27)16-17-35(28)25-11-5-2-6-12-25/h1-20H. The highest BCUT2D eigenvalue weighted by molar-refractivity contribution is 6.29. The molecule has 5 aromatic carbocycles. The van der Waals surface area contributed by atoms with Crippen LogP contribution in [0.15, 0.2) is 122 Å². The lowest BCUT2D eigenvalue weighted by Gasteiger charge is -2.10. The third-order valence-corrected chi connectivity index (χ3v) is 7.21. The zero-order chi connectivity index (χ0) is 23.6. The zero-order valence-corrected chi connectivity index (χ0v) is 19.3. The van der Waals surface area contributed by atoms with Gasteiger partial charge in [-0.25, -0.2) is 9.97 Å². The lowest BCUT2D eigenvalue weighted by Crippen LogP contribution is -2.01. The highest BCUT2D eigenvalue weighted by Gasteiger charge is 2.21. The number of hydrogen-bond donors (Lipinski definition) is 0. The lowest BCUT2D eigenvalue weighted by atomic mass is 10.0. The van der Waals surface area contributed by atoms with Crippen molar-refractivity contribution in [3.8, 4) is 22.8 Å². The number of aromatic nitrogens is 4. The van der Waals surface area contributed by atoms with Crippen LogP contribution in [0.1, 0.15) is 0 Å². The maximum Gasteiger partial charge on any atom is 0.234 e. The monoisotopic (exact) mass is 460 g/mol. The van der Waals surface area contributed by atoms with Gasteiger partial charge in [0.1, 0.15) is 0 Å². The fourth-order valence-corrected chi connectivity index (χ4v) is 5.60. The average Bonchev–Trinajstić information content (AvgIpc) is 3.53. The van der Waals surface area contributed by atoms with Crippen LogP contribution in [0.4, 0.5) is 0 Å². The molecular formula is C32H20N4. The molecular weight excluding hydrogens is 440 g/mol. The van der Waals surface area contributed by atoms with Crippen molar-refractivity contribution in [3.63, 3.8) is 0 Å². The lowest BCUT2D eigenvalue weighted by molar-refractivity contribution is 0.993. The maximum atomic E-state index is 4.87. The minimum atomic E-state index is 0.680. The SMILES string of the molecule is c1ccc(-c2cnc(-n3c4cccc5ccc6cc7c(ccn7-c7ccccc7)c3c6c54)nc2)cc1. The van der Waals surface area contributed by atoms with Crippen LogP contribution in [-0.4, -0.2) is 19.1 Å². The van der Waals surface area contributed by atoms with E-state index in [2.05, 4.69) is 100 Å². The van der Waals surface area contributed by atoms with Gasteiger partial charge in [-0.05, 0) is 46.7 Å². The molecule has 0 amide bonds. The molecule has 8 aromatic rings. The molecule has 0 N–H and O–H groups in total. The summed E-state index contributed by atoms with van der Waals surface area (Å²) >= 11 is 0. The third kappa shape index (κ3) is 2.64. The molecule has 0 saturated carbocycles. The summed E-state index contributed by atoms with van der Waals surface area (Å²) in [5.41, 5.74) is 6.71. The molecule has 3 heterocycles. The van der Waals surface area contributed by atoms with E-state index in [9.17, 15) is 0 Å². The Morgan fingerprint density at radius 3 is 2.11 bits per heavy atom. The molecule has 0 fully saturated rings. The second-order valence-electron chi connectivity index (χ2n) is 9.19. The summed E-state index contributed by atoms with van der Waals surface area (Å²) in [5, 5.41) is 6.15. The topological polar surface area (TPSA) is 35.6 Å². The Balaban J connectivity index is 1.47. The number of para-hydroxylation sites is 1. The molecule has 0 saturated heterocycles. The summed E-state index contributed by atoms with van der Waals surface area (Å²) in [7, 11) is 0. The van der Waals surface area contributed by atoms with Gasteiger partial charge in [-0.2, -0.15) is 0 Å². The quantitative estimate of drug-likeness (QED) is 0.252. The van der Waals surface area contributed by atoms with E-state index in [0.717, 1.165) is 27.8 Å². The Kier molecular flexibility index (Phi) is 3.91. The van der Waals surface area contributed by atoms with Crippen molar-refractivity contribution in [1.29, 1.82) is 0 Å². The van der Waals surface area contributed by atoms with Crippen molar-refractivity contribution in [3.05, 3.63) is 122 Å². The number of fused-ring (bicyclic) bond motifs is 2. The van der Waals surface area contributed by atoms with Crippen LogP contribution in [0.25, 0.3) is 66.2 Å². The Bertz CT molecular complexity index is 2010. The third-order valence-electron chi connectivity index (χ3n) is 7.21. The first-order chi connectivity index (χ1) is 17.9. The molecule has 0 radical (unpaired) electrons. The Morgan fingerprint density at radius 1 is 0.556 bits per heavy atom. The summed E-state index contributed by atoms with van der Waals surface area (Å²) in [4.78, 5) is 9.75. The fourth-order valence-electron chi connectivity index (χ4n) is 5.60. The first-order valence-corrected chi connectivity index (χ1v) is 12.1. The van der Waals surface area contributed by atoms with Crippen LogP contribution in [0.2, 0.25) is 0 Å². The van der Waals surface area contributed by atoms with Crippen molar-refractivity contribution < 1.29 is 0 Å². The summed E-state index contributed by atoms with van der Waals surface area (Å²) in [6.45, 7) is 0. The maximum absolute atomic E-state index is 4.87. The normalized spacial score (nSPS) is 11.9. The van der Waals surface area contributed by atoms with Gasteiger partial charge in [-0.3, -0.25) is 4.57 Å². The van der Waals surface area contributed by atoms with Crippen LogP contribution in [0.5, 0.6) is 0 Å². The second kappa shape index (κ2) is 7.27. The number of hydrogen-bond acceptors (Lipinski definition) is 2. The number of nitrogens with zero attached hydrogens (tertiary/aromatic N) is 4. The summed E-state index contributed by atoms with van der Waals surface area (Å²) in [6.07, 6.45) is 6.01. The number of rotatable bonds is 3. The van der Waals surface area contributed by atoms with Gasteiger partial charge in [-0.1, -0.05) is 72.8 Å². The Hall–Kier alpha value is -4.96. The zero-order valence-electron chi connectivity index (χ0n) is 19.3. The van der Waals surface area contributed by atoms with E-state index < -0.39 is 0 Å². The minimum Gasteiger partial charge on any atom is -0.316 e. The second-order valence-corrected chi connectivity index (χ2v) is 9.19. The van der Waals surface area contributed by atoms with Crippen molar-refractivity contribution in [1.82, 2.24) is 19.1 Å². The summed E-state index contributed by atoms with van der Waals surface area (Å²) in [5.74, 6) is 0.680. The van der Waals surface area contributed by atoms with Gasteiger partial charge >= 0.3 is 0 Å². The molecule has 4 heteroatoms. The Morgan fingerprint density at radius 2 is 1.31 bits per heavy atom. The molecule has 0 bridgehead atoms. The van der Waals surface area contributed by atoms with Crippen LogP contribution in [0.3, 0.4) is 0 Å². The molecule has 36 heavy (non-hydrogen) atoms. The molecule has 168 valence electrons. The van der Waals surface area contributed by atoms with Gasteiger partial charge in [0.15, 0.2) is 0 Å². The van der Waals surface area contributed by atoms with Gasteiger partial charge in [0.2, 0.25) is 5.95 Å². The molecule has 0 aliphatic carbocycles. The van der Waals surface area contributed by atoms with E-state index >= 15 is 0 Å². The average molecular weight is 461 g/mol. The van der Waals surface area contributed by atoms with E-state index in [0.29, 0.717) is 5.95 Å². The van der Waals surface area contributed by atoms with E-state index in [1.54, 1.807) is 0 Å². The predicted octanol–water partition coefficient (Wildman–Crippen LogP) is 7.78. The van der Waals surface area contributed by atoms with Crippen molar-refractivity contribution in [2.75, 3.05) is 0 Å². The molecule has 0 spiro atoms. The molecule has 8 rings (SSSR count). The van der Waals surface area contributed by atoms with Crippen LogP contribution >= 0.6 is 0 Å². The van der Waals surface area contributed by atoms with E-state index in [1.807, 2.05) is 30.6 Å². The molecule has 0 aliphatic rings. The van der Waals surface area contributed by atoms with Gasteiger partial charge in [0.25, 0.3) is 0 Å². The molecule has 0 atom stereocenters. The fraction of sp³-hybridized carbons (Fsp3) is 0. The molecule has 0 unspecified atom stereocenters. The van der Waals surface area contributed by atoms with Gasteiger partial charge in [-0.15, -0.1) is 0 Å². The van der Waals surface area contributed by atoms with E-state index in [-0.39, 0.29) is 0 Å². The summed E-state index contributed by atoms with van der Waals surface area (Å²) < 4.78 is 4.49. The van der Waals surface area contributed by atoms with E-state index in [1.165, 1.54) is 32.4 Å². The Labute approximate surface area is 207 Å². The minimum absolute atomic E-state index is 0.680. The van der Waals surface area contributed by atoms with Crippen LogP contribution in [-0.2, 0) is 0 Å². The smallest absolute Gasteiger partial charge is 0.234 e. The number of benzene rings is 5. The first-order valence-electron chi connectivity index (χ1n) is 12.1. The van der Waals surface area contributed by atoms with Gasteiger partial charge in [0, 0.05) is 46.0 Å². The van der Waals surface area contributed by atoms with Crippen molar-refractivity contribution in [2.24, 2.45) is 0 Å². The molecule has 0 aliphatic heterocycles. The van der Waals surface area contributed by atoms with Crippen molar-refractivity contribution >= 4 is 43.5 Å². The first kappa shape index (κ1) is 19.4. The van der Waals surface area contributed by atoms with Gasteiger partial charge < -0.3 is 4.57 Å². The highest BCUT2D eigenvalue weighted by Crippen LogP contribution is 2.42. The van der Waals surface area contributed by atoms with Crippen LogP contribution in [0, 0.1) is 0 Å². The molecule has 3 aromatic heterocycles. The van der Waals surface area contributed by atoms with Crippen LogP contribution < -0.4 is 0 Å². The van der Waals surface area contributed by atoms with Gasteiger partial charge in [0.05, 0.1) is 16.6 Å².